The summed E-state index contributed by atoms with van der Waals surface area (Å²) in [7, 11) is 1.86. The van der Waals surface area contributed by atoms with E-state index in [1.807, 2.05) is 46.0 Å². The van der Waals surface area contributed by atoms with E-state index in [0.717, 1.165) is 28.8 Å². The van der Waals surface area contributed by atoms with Crippen molar-refractivity contribution in [2.24, 2.45) is 5.73 Å². The second kappa shape index (κ2) is 5.37. The minimum Gasteiger partial charge on any atom is -0.355 e. The van der Waals surface area contributed by atoms with E-state index in [1.165, 1.54) is 0 Å². The van der Waals surface area contributed by atoms with E-state index in [0.29, 0.717) is 0 Å². The normalized spacial score (nSPS) is 20.2. The molecule has 110 valence electrons. The second-order valence-electron chi connectivity index (χ2n) is 5.94. The number of hydrogen-bond acceptors (Lipinski definition) is 3. The first-order valence-electron chi connectivity index (χ1n) is 6.83. The topological polar surface area (TPSA) is 49.6 Å². The maximum absolute atomic E-state index is 12.4. The molecular formula is C15H22BrN3O. The van der Waals surface area contributed by atoms with Gasteiger partial charge in [-0.15, -0.1) is 0 Å². The van der Waals surface area contributed by atoms with Crippen LogP contribution < -0.4 is 10.6 Å². The zero-order valence-electron chi connectivity index (χ0n) is 12.5. The summed E-state index contributed by atoms with van der Waals surface area (Å²) in [5.74, 6) is 0.145. The number of carbonyl (C=O) groups excluding carboxylic acids is 1. The predicted octanol–water partition coefficient (Wildman–Crippen LogP) is 2.53. The van der Waals surface area contributed by atoms with Crippen LogP contribution in [0, 0.1) is 0 Å². The maximum atomic E-state index is 12.4. The second-order valence-corrected chi connectivity index (χ2v) is 6.79. The highest BCUT2D eigenvalue weighted by Crippen LogP contribution is 2.35. The molecule has 1 aromatic rings. The monoisotopic (exact) mass is 339 g/mol. The predicted molar refractivity (Wildman–Crippen MR) is 85.8 cm³/mol. The average Bonchev–Trinajstić information content (AvgIpc) is 2.37. The van der Waals surface area contributed by atoms with Crippen molar-refractivity contribution in [1.82, 2.24) is 4.90 Å². The van der Waals surface area contributed by atoms with Gasteiger partial charge in [0.15, 0.2) is 0 Å². The van der Waals surface area contributed by atoms with E-state index in [2.05, 4.69) is 20.8 Å². The Balaban J connectivity index is 2.39. The van der Waals surface area contributed by atoms with Crippen LogP contribution in [0.25, 0.3) is 0 Å². The lowest BCUT2D eigenvalue weighted by Crippen LogP contribution is -2.62. The molecule has 1 aliphatic rings. The highest BCUT2D eigenvalue weighted by Gasteiger charge is 2.41. The third-order valence-corrected chi connectivity index (χ3v) is 4.63. The minimum atomic E-state index is -0.536. The Kier molecular flexibility index (Phi) is 4.12. The molecule has 0 saturated carbocycles. The quantitative estimate of drug-likeness (QED) is 0.900. The highest BCUT2D eigenvalue weighted by atomic mass is 79.9. The van der Waals surface area contributed by atoms with Gasteiger partial charge in [-0.3, -0.25) is 4.79 Å². The molecule has 20 heavy (non-hydrogen) atoms. The van der Waals surface area contributed by atoms with Gasteiger partial charge in [0.05, 0.1) is 5.69 Å². The number of hydrogen-bond donors (Lipinski definition) is 1. The maximum Gasteiger partial charge on any atom is 0.247 e. The fraction of sp³-hybridized carbons (Fsp3) is 0.533. The van der Waals surface area contributed by atoms with Crippen LogP contribution in [0.4, 0.5) is 5.69 Å². The summed E-state index contributed by atoms with van der Waals surface area (Å²) in [5.41, 5.74) is 7.50. The molecule has 2 rings (SSSR count). The van der Waals surface area contributed by atoms with Crippen molar-refractivity contribution >= 4 is 27.5 Å². The molecular weight excluding hydrogens is 318 g/mol. The lowest BCUT2D eigenvalue weighted by atomic mass is 9.96. The van der Waals surface area contributed by atoms with E-state index in [9.17, 15) is 4.79 Å². The zero-order valence-corrected chi connectivity index (χ0v) is 14.1. The smallest absolute Gasteiger partial charge is 0.247 e. The van der Waals surface area contributed by atoms with Crippen LogP contribution in [-0.4, -0.2) is 36.5 Å². The van der Waals surface area contributed by atoms with Gasteiger partial charge in [-0.25, -0.2) is 0 Å². The number of halogens is 1. The van der Waals surface area contributed by atoms with Crippen molar-refractivity contribution in [2.45, 2.75) is 32.4 Å². The number of carbonyl (C=O) groups is 1. The lowest BCUT2D eigenvalue weighted by Gasteiger charge is -2.46. The SMILES string of the molecule is C[C@@H](N)c1ccc(N2CCN(C)C(=O)C2(C)C)c(Br)c1. The number of nitrogens with zero attached hydrogens (tertiary/aromatic N) is 2. The van der Waals surface area contributed by atoms with Crippen LogP contribution in [0.3, 0.4) is 0 Å². The molecule has 0 aromatic heterocycles. The van der Waals surface area contributed by atoms with E-state index in [-0.39, 0.29) is 11.9 Å². The Bertz CT molecular complexity index is 528. The van der Waals surface area contributed by atoms with Gasteiger partial charge in [0, 0.05) is 30.7 Å². The lowest BCUT2D eigenvalue weighted by molar-refractivity contribution is -0.136. The van der Waals surface area contributed by atoms with E-state index in [1.54, 1.807) is 4.90 Å². The van der Waals surface area contributed by atoms with Crippen LogP contribution in [0.15, 0.2) is 22.7 Å². The van der Waals surface area contributed by atoms with Crippen molar-refractivity contribution in [2.75, 3.05) is 25.0 Å². The average molecular weight is 340 g/mol. The van der Waals surface area contributed by atoms with Gasteiger partial charge in [0.25, 0.3) is 0 Å². The summed E-state index contributed by atoms with van der Waals surface area (Å²) in [5, 5.41) is 0. The molecule has 1 fully saturated rings. The first-order chi connectivity index (χ1) is 9.25. The fourth-order valence-corrected chi connectivity index (χ4v) is 3.27. The molecule has 1 aliphatic heterocycles. The minimum absolute atomic E-state index is 0.00230. The largest absolute Gasteiger partial charge is 0.355 e. The van der Waals surface area contributed by atoms with Gasteiger partial charge in [0.2, 0.25) is 5.91 Å². The molecule has 1 heterocycles. The molecule has 0 unspecified atom stereocenters. The van der Waals surface area contributed by atoms with Crippen molar-refractivity contribution < 1.29 is 4.79 Å². The van der Waals surface area contributed by atoms with Gasteiger partial charge < -0.3 is 15.5 Å². The molecule has 1 saturated heterocycles. The summed E-state index contributed by atoms with van der Waals surface area (Å²) in [4.78, 5) is 16.3. The number of piperazine rings is 1. The number of amides is 1. The van der Waals surface area contributed by atoms with Crippen LogP contribution in [0.1, 0.15) is 32.4 Å². The van der Waals surface area contributed by atoms with Gasteiger partial charge in [0.1, 0.15) is 5.54 Å². The third-order valence-electron chi connectivity index (χ3n) is 3.99. The van der Waals surface area contributed by atoms with Crippen LogP contribution in [0.5, 0.6) is 0 Å². The molecule has 1 amide bonds. The Morgan fingerprint density at radius 3 is 2.55 bits per heavy atom. The van der Waals surface area contributed by atoms with Crippen molar-refractivity contribution in [1.29, 1.82) is 0 Å². The number of anilines is 1. The van der Waals surface area contributed by atoms with Gasteiger partial charge in [-0.2, -0.15) is 0 Å². The van der Waals surface area contributed by atoms with Crippen molar-refractivity contribution in [3.8, 4) is 0 Å². The number of benzene rings is 1. The molecule has 0 bridgehead atoms. The van der Waals surface area contributed by atoms with E-state index < -0.39 is 5.54 Å². The zero-order chi connectivity index (χ0) is 15.1. The van der Waals surface area contributed by atoms with Gasteiger partial charge >= 0.3 is 0 Å². The first kappa shape index (κ1) is 15.3. The summed E-state index contributed by atoms with van der Waals surface area (Å²) in [6.07, 6.45) is 0. The summed E-state index contributed by atoms with van der Waals surface area (Å²) in [6, 6.07) is 6.12. The van der Waals surface area contributed by atoms with E-state index in [4.69, 9.17) is 5.73 Å². The molecule has 4 nitrogen and oxygen atoms in total. The van der Waals surface area contributed by atoms with E-state index >= 15 is 0 Å². The number of nitrogens with two attached hydrogens (primary N) is 1. The molecule has 2 N–H and O–H groups in total. The van der Waals surface area contributed by atoms with Crippen LogP contribution in [-0.2, 0) is 4.79 Å². The first-order valence-corrected chi connectivity index (χ1v) is 7.62. The molecule has 0 spiro atoms. The summed E-state index contributed by atoms with van der Waals surface area (Å²) in [6.45, 7) is 7.47. The van der Waals surface area contributed by atoms with Crippen molar-refractivity contribution in [3.05, 3.63) is 28.2 Å². The Morgan fingerprint density at radius 2 is 2.00 bits per heavy atom. The molecule has 5 heteroatoms. The fourth-order valence-electron chi connectivity index (χ4n) is 2.66. The van der Waals surface area contributed by atoms with Crippen molar-refractivity contribution in [3.63, 3.8) is 0 Å². The van der Waals surface area contributed by atoms with Gasteiger partial charge in [-0.05, 0) is 54.4 Å². The summed E-state index contributed by atoms with van der Waals surface area (Å²) < 4.78 is 0.984. The number of likely N-dealkylation sites (N-methyl/N-ethyl adjacent to an activating group) is 1. The Labute approximate surface area is 129 Å². The summed E-state index contributed by atoms with van der Waals surface area (Å²) >= 11 is 3.62. The third kappa shape index (κ3) is 2.56. The Hall–Kier alpha value is -1.07. The molecule has 0 aliphatic carbocycles. The van der Waals surface area contributed by atoms with Gasteiger partial charge in [-0.1, -0.05) is 6.07 Å². The molecule has 1 aromatic carbocycles. The highest BCUT2D eigenvalue weighted by molar-refractivity contribution is 9.10. The Morgan fingerprint density at radius 1 is 1.35 bits per heavy atom. The number of rotatable bonds is 2. The van der Waals surface area contributed by atoms with Crippen LogP contribution in [0.2, 0.25) is 0 Å². The molecule has 1 atom stereocenters. The standard InChI is InChI=1S/C15H22BrN3O/c1-10(17)11-5-6-13(12(16)9-11)19-8-7-18(4)14(20)15(19,2)3/h5-6,9-10H,7-8,17H2,1-4H3/t10-/m1/s1. The van der Waals surface area contributed by atoms with Crippen LogP contribution >= 0.6 is 15.9 Å². The molecule has 0 radical (unpaired) electrons.